The minimum atomic E-state index is 0.325. The molecule has 2 aliphatic rings. The Morgan fingerprint density at radius 3 is 2.38 bits per heavy atom. The predicted molar refractivity (Wildman–Crippen MR) is 86.6 cm³/mol. The second-order valence-corrected chi connectivity index (χ2v) is 6.42. The van der Waals surface area contributed by atoms with Crippen LogP contribution in [0.25, 0.3) is 0 Å². The third-order valence-electron chi connectivity index (χ3n) is 4.84. The van der Waals surface area contributed by atoms with E-state index in [-0.39, 0.29) is 0 Å². The standard InChI is InChI=1S/C17H27N3O/c1-19-10-12-20(13-11-19)16-4-2-3-5-17(16)21-15-8-6-14(18)7-9-15/h6-9,16-17H,2-5,10-13,18H2,1H3. The van der Waals surface area contributed by atoms with E-state index in [2.05, 4.69) is 16.8 Å². The van der Waals surface area contributed by atoms with Crippen molar-refractivity contribution in [3.05, 3.63) is 24.3 Å². The highest BCUT2D eigenvalue weighted by atomic mass is 16.5. The molecule has 1 aliphatic carbocycles. The van der Waals surface area contributed by atoms with Crippen LogP contribution in [0.2, 0.25) is 0 Å². The minimum Gasteiger partial charge on any atom is -0.489 e. The molecule has 0 aromatic heterocycles. The number of benzene rings is 1. The molecular formula is C17H27N3O. The maximum Gasteiger partial charge on any atom is 0.119 e. The molecule has 1 saturated carbocycles. The van der Waals surface area contributed by atoms with E-state index in [1.165, 1.54) is 51.9 Å². The lowest BCUT2D eigenvalue weighted by atomic mass is 9.90. The normalized spacial score (nSPS) is 28.4. The van der Waals surface area contributed by atoms with Crippen molar-refractivity contribution in [1.29, 1.82) is 0 Å². The molecular weight excluding hydrogens is 262 g/mol. The molecule has 2 fully saturated rings. The van der Waals surface area contributed by atoms with Crippen molar-refractivity contribution in [1.82, 2.24) is 9.80 Å². The lowest BCUT2D eigenvalue weighted by molar-refractivity contribution is 0.0130. The summed E-state index contributed by atoms with van der Waals surface area (Å²) in [6.45, 7) is 4.68. The van der Waals surface area contributed by atoms with E-state index in [0.717, 1.165) is 11.4 Å². The zero-order valence-corrected chi connectivity index (χ0v) is 13.0. The quantitative estimate of drug-likeness (QED) is 0.866. The Bertz CT molecular complexity index is 440. The Hall–Kier alpha value is -1.26. The molecule has 4 nitrogen and oxygen atoms in total. The van der Waals surface area contributed by atoms with Crippen molar-refractivity contribution in [3.63, 3.8) is 0 Å². The number of hydrogen-bond acceptors (Lipinski definition) is 4. The number of anilines is 1. The summed E-state index contributed by atoms with van der Waals surface area (Å²) < 4.78 is 6.29. The molecule has 1 aromatic carbocycles. The molecule has 1 heterocycles. The van der Waals surface area contributed by atoms with Gasteiger partial charge < -0.3 is 15.4 Å². The smallest absolute Gasteiger partial charge is 0.119 e. The lowest BCUT2D eigenvalue weighted by Crippen LogP contribution is -2.54. The highest BCUT2D eigenvalue weighted by Crippen LogP contribution is 2.28. The van der Waals surface area contributed by atoms with Crippen molar-refractivity contribution in [3.8, 4) is 5.75 Å². The zero-order chi connectivity index (χ0) is 14.7. The van der Waals surface area contributed by atoms with E-state index in [1.54, 1.807) is 0 Å². The molecule has 3 rings (SSSR count). The second-order valence-electron chi connectivity index (χ2n) is 6.42. The van der Waals surface area contributed by atoms with Gasteiger partial charge in [-0.2, -0.15) is 0 Å². The highest BCUT2D eigenvalue weighted by molar-refractivity contribution is 5.41. The molecule has 1 aliphatic heterocycles. The van der Waals surface area contributed by atoms with Crippen LogP contribution in [0.3, 0.4) is 0 Å². The number of ether oxygens (including phenoxy) is 1. The van der Waals surface area contributed by atoms with Crippen LogP contribution < -0.4 is 10.5 Å². The van der Waals surface area contributed by atoms with Gasteiger partial charge in [0.1, 0.15) is 11.9 Å². The first-order valence-electron chi connectivity index (χ1n) is 8.17. The molecule has 2 unspecified atom stereocenters. The Balaban J connectivity index is 1.65. The average molecular weight is 289 g/mol. The van der Waals surface area contributed by atoms with Gasteiger partial charge in [0.25, 0.3) is 0 Å². The van der Waals surface area contributed by atoms with Crippen molar-refractivity contribution < 1.29 is 4.74 Å². The fourth-order valence-electron chi connectivity index (χ4n) is 3.51. The third-order valence-corrected chi connectivity index (χ3v) is 4.84. The number of nitrogen functional groups attached to an aromatic ring is 1. The first-order chi connectivity index (χ1) is 10.2. The molecule has 21 heavy (non-hydrogen) atoms. The summed E-state index contributed by atoms with van der Waals surface area (Å²) in [5.74, 6) is 0.954. The summed E-state index contributed by atoms with van der Waals surface area (Å²) in [5.41, 5.74) is 6.54. The van der Waals surface area contributed by atoms with Crippen molar-refractivity contribution in [2.75, 3.05) is 39.0 Å². The Morgan fingerprint density at radius 1 is 1.00 bits per heavy atom. The Morgan fingerprint density at radius 2 is 1.67 bits per heavy atom. The molecule has 0 radical (unpaired) electrons. The van der Waals surface area contributed by atoms with Gasteiger partial charge in [-0.05, 0) is 50.6 Å². The fraction of sp³-hybridized carbons (Fsp3) is 0.647. The minimum absolute atomic E-state index is 0.325. The lowest BCUT2D eigenvalue weighted by Gasteiger charge is -2.43. The number of nitrogens with two attached hydrogens (primary N) is 1. The predicted octanol–water partition coefficient (Wildman–Crippen LogP) is 2.21. The van der Waals surface area contributed by atoms with E-state index < -0.39 is 0 Å². The van der Waals surface area contributed by atoms with Gasteiger partial charge in [0.15, 0.2) is 0 Å². The number of likely N-dealkylation sites (N-methyl/N-ethyl adjacent to an activating group) is 1. The van der Waals surface area contributed by atoms with Gasteiger partial charge in [-0.3, -0.25) is 4.90 Å². The van der Waals surface area contributed by atoms with E-state index in [4.69, 9.17) is 10.5 Å². The second kappa shape index (κ2) is 6.67. The van der Waals surface area contributed by atoms with Crippen LogP contribution in [0, 0.1) is 0 Å². The van der Waals surface area contributed by atoms with Crippen LogP contribution in [-0.2, 0) is 0 Å². The molecule has 2 atom stereocenters. The van der Waals surface area contributed by atoms with Gasteiger partial charge in [-0.15, -0.1) is 0 Å². The van der Waals surface area contributed by atoms with Crippen LogP contribution in [0.4, 0.5) is 5.69 Å². The average Bonchev–Trinajstić information content (AvgIpc) is 2.51. The number of piperazine rings is 1. The first-order valence-corrected chi connectivity index (χ1v) is 8.17. The largest absolute Gasteiger partial charge is 0.489 e. The summed E-state index contributed by atoms with van der Waals surface area (Å²) in [6, 6.07) is 8.40. The Labute approximate surface area is 127 Å². The summed E-state index contributed by atoms with van der Waals surface area (Å²) in [6.07, 6.45) is 5.37. The van der Waals surface area contributed by atoms with E-state index in [0.29, 0.717) is 12.1 Å². The molecule has 0 amide bonds. The maximum absolute atomic E-state index is 6.29. The maximum atomic E-state index is 6.29. The molecule has 0 spiro atoms. The molecule has 2 N–H and O–H groups in total. The van der Waals surface area contributed by atoms with Gasteiger partial charge >= 0.3 is 0 Å². The molecule has 1 saturated heterocycles. The molecule has 1 aromatic rings. The SMILES string of the molecule is CN1CCN(C2CCCCC2Oc2ccc(N)cc2)CC1. The van der Waals surface area contributed by atoms with Crippen LogP contribution in [-0.4, -0.2) is 55.2 Å². The van der Waals surface area contributed by atoms with Crippen molar-refractivity contribution in [2.24, 2.45) is 0 Å². The van der Waals surface area contributed by atoms with Crippen molar-refractivity contribution >= 4 is 5.69 Å². The third kappa shape index (κ3) is 3.69. The van der Waals surface area contributed by atoms with Crippen LogP contribution in [0.1, 0.15) is 25.7 Å². The van der Waals surface area contributed by atoms with Gasteiger partial charge in [-0.1, -0.05) is 6.42 Å². The van der Waals surface area contributed by atoms with E-state index >= 15 is 0 Å². The van der Waals surface area contributed by atoms with Gasteiger partial charge in [0, 0.05) is 37.9 Å². The highest BCUT2D eigenvalue weighted by Gasteiger charge is 2.32. The number of rotatable bonds is 3. The van der Waals surface area contributed by atoms with Crippen LogP contribution in [0.5, 0.6) is 5.75 Å². The van der Waals surface area contributed by atoms with Crippen LogP contribution >= 0.6 is 0 Å². The zero-order valence-electron chi connectivity index (χ0n) is 13.0. The topological polar surface area (TPSA) is 41.7 Å². The van der Waals surface area contributed by atoms with Gasteiger partial charge in [-0.25, -0.2) is 0 Å². The summed E-state index contributed by atoms with van der Waals surface area (Å²) in [7, 11) is 2.21. The number of nitrogens with zero attached hydrogens (tertiary/aromatic N) is 2. The molecule has 0 bridgehead atoms. The molecule has 116 valence electrons. The summed E-state index contributed by atoms with van der Waals surface area (Å²) in [5, 5.41) is 0. The van der Waals surface area contributed by atoms with Crippen molar-refractivity contribution in [2.45, 2.75) is 37.8 Å². The van der Waals surface area contributed by atoms with Gasteiger partial charge in [0.05, 0.1) is 0 Å². The Kier molecular flexibility index (Phi) is 4.66. The van der Waals surface area contributed by atoms with E-state index in [9.17, 15) is 0 Å². The van der Waals surface area contributed by atoms with Gasteiger partial charge in [0.2, 0.25) is 0 Å². The number of hydrogen-bond donors (Lipinski definition) is 1. The summed E-state index contributed by atoms with van der Waals surface area (Å²) >= 11 is 0. The monoisotopic (exact) mass is 289 g/mol. The van der Waals surface area contributed by atoms with Crippen LogP contribution in [0.15, 0.2) is 24.3 Å². The first kappa shape index (κ1) is 14.7. The van der Waals surface area contributed by atoms with E-state index in [1.807, 2.05) is 24.3 Å². The summed E-state index contributed by atoms with van der Waals surface area (Å²) in [4.78, 5) is 5.05. The molecule has 4 heteroatoms. The fourth-order valence-corrected chi connectivity index (χ4v) is 3.51.